The molecule has 1 aromatic rings. The Kier molecular flexibility index (Phi) is 3.05. The van der Waals surface area contributed by atoms with Gasteiger partial charge in [-0.3, -0.25) is 4.98 Å². The number of aliphatic hydroxyl groups excluding tert-OH is 1. The van der Waals surface area contributed by atoms with Crippen molar-refractivity contribution in [2.24, 2.45) is 0 Å². The van der Waals surface area contributed by atoms with Crippen LogP contribution >= 0.6 is 0 Å². The molecule has 0 spiro atoms. The van der Waals surface area contributed by atoms with Crippen LogP contribution in [0.2, 0.25) is 0 Å². The summed E-state index contributed by atoms with van der Waals surface area (Å²) in [7, 11) is 0. The van der Waals surface area contributed by atoms with Crippen LogP contribution < -0.4 is 5.32 Å². The maximum atomic E-state index is 8.64. The molecule has 0 fully saturated rings. The SMILES string of the molecule is N#Cc1ccncc1NCCO. The summed E-state index contributed by atoms with van der Waals surface area (Å²) in [6.45, 7) is 0.472. The predicted molar refractivity (Wildman–Crippen MR) is 44.5 cm³/mol. The van der Waals surface area contributed by atoms with E-state index >= 15 is 0 Å². The molecular formula is C8H9N3O. The molecule has 1 heterocycles. The average Bonchev–Trinajstić information content (AvgIpc) is 2.15. The van der Waals surface area contributed by atoms with Gasteiger partial charge in [0, 0.05) is 12.7 Å². The Morgan fingerprint density at radius 3 is 3.17 bits per heavy atom. The predicted octanol–water partition coefficient (Wildman–Crippen LogP) is 0.357. The van der Waals surface area contributed by atoms with Crippen LogP contribution in [-0.4, -0.2) is 23.2 Å². The number of anilines is 1. The van der Waals surface area contributed by atoms with Crippen LogP contribution in [0.15, 0.2) is 18.5 Å². The molecule has 0 radical (unpaired) electrons. The molecule has 0 amide bonds. The Morgan fingerprint density at radius 1 is 1.67 bits per heavy atom. The van der Waals surface area contributed by atoms with Crippen molar-refractivity contribution in [1.29, 1.82) is 5.26 Å². The van der Waals surface area contributed by atoms with E-state index in [0.717, 1.165) is 0 Å². The smallest absolute Gasteiger partial charge is 0.101 e. The van der Waals surface area contributed by atoms with Gasteiger partial charge in [0.25, 0.3) is 0 Å². The van der Waals surface area contributed by atoms with Crippen molar-refractivity contribution in [2.45, 2.75) is 0 Å². The van der Waals surface area contributed by atoms with Gasteiger partial charge in [0.05, 0.1) is 24.1 Å². The number of aromatic nitrogens is 1. The minimum Gasteiger partial charge on any atom is -0.395 e. The molecule has 0 bridgehead atoms. The van der Waals surface area contributed by atoms with Crippen molar-refractivity contribution in [3.8, 4) is 6.07 Å². The minimum atomic E-state index is 0.0414. The second-order valence-corrected chi connectivity index (χ2v) is 2.18. The number of aliphatic hydroxyl groups is 1. The van der Waals surface area contributed by atoms with Crippen molar-refractivity contribution >= 4 is 5.69 Å². The third-order valence-corrected chi connectivity index (χ3v) is 1.37. The fourth-order valence-electron chi connectivity index (χ4n) is 0.823. The van der Waals surface area contributed by atoms with Crippen molar-refractivity contribution in [3.63, 3.8) is 0 Å². The van der Waals surface area contributed by atoms with Gasteiger partial charge in [-0.25, -0.2) is 0 Å². The fourth-order valence-corrected chi connectivity index (χ4v) is 0.823. The normalized spacial score (nSPS) is 9.00. The van der Waals surface area contributed by atoms with E-state index in [4.69, 9.17) is 10.4 Å². The van der Waals surface area contributed by atoms with Crippen molar-refractivity contribution < 1.29 is 5.11 Å². The van der Waals surface area contributed by atoms with Crippen LogP contribution in [0, 0.1) is 11.3 Å². The summed E-state index contributed by atoms with van der Waals surface area (Å²) in [5.41, 5.74) is 1.20. The molecule has 62 valence electrons. The molecule has 0 unspecified atom stereocenters. The van der Waals surface area contributed by atoms with Crippen LogP contribution in [0.1, 0.15) is 5.56 Å². The summed E-state index contributed by atoms with van der Waals surface area (Å²) in [5, 5.41) is 20.0. The first-order valence-corrected chi connectivity index (χ1v) is 3.57. The van der Waals surface area contributed by atoms with E-state index in [2.05, 4.69) is 10.3 Å². The second kappa shape index (κ2) is 4.31. The van der Waals surface area contributed by atoms with E-state index in [9.17, 15) is 0 Å². The molecule has 12 heavy (non-hydrogen) atoms. The van der Waals surface area contributed by atoms with Gasteiger partial charge in [0.2, 0.25) is 0 Å². The lowest BCUT2D eigenvalue weighted by molar-refractivity contribution is 0.311. The fraction of sp³-hybridized carbons (Fsp3) is 0.250. The maximum Gasteiger partial charge on any atom is 0.101 e. The van der Waals surface area contributed by atoms with Gasteiger partial charge in [-0.2, -0.15) is 5.26 Å². The standard InChI is InChI=1S/C8H9N3O/c9-5-7-1-2-10-6-8(7)11-3-4-12/h1-2,6,11-12H,3-4H2. The quantitative estimate of drug-likeness (QED) is 0.675. The first kappa shape index (κ1) is 8.50. The van der Waals surface area contributed by atoms with Gasteiger partial charge in [0.15, 0.2) is 0 Å². The van der Waals surface area contributed by atoms with Gasteiger partial charge >= 0.3 is 0 Å². The van der Waals surface area contributed by atoms with E-state index in [0.29, 0.717) is 17.8 Å². The second-order valence-electron chi connectivity index (χ2n) is 2.18. The zero-order chi connectivity index (χ0) is 8.81. The van der Waals surface area contributed by atoms with Gasteiger partial charge in [-0.1, -0.05) is 0 Å². The number of hydrogen-bond donors (Lipinski definition) is 2. The summed E-state index contributed by atoms with van der Waals surface area (Å²) in [6, 6.07) is 3.65. The molecule has 0 saturated heterocycles. The molecule has 0 aliphatic rings. The number of hydrogen-bond acceptors (Lipinski definition) is 4. The van der Waals surface area contributed by atoms with Gasteiger partial charge in [-0.15, -0.1) is 0 Å². The average molecular weight is 163 g/mol. The van der Waals surface area contributed by atoms with E-state index in [1.165, 1.54) is 0 Å². The Bertz CT molecular complexity index is 293. The molecule has 4 nitrogen and oxygen atoms in total. The number of nitrogens with one attached hydrogen (secondary N) is 1. The third kappa shape index (κ3) is 1.94. The summed E-state index contributed by atoms with van der Waals surface area (Å²) < 4.78 is 0. The summed E-state index contributed by atoms with van der Waals surface area (Å²) >= 11 is 0. The summed E-state index contributed by atoms with van der Waals surface area (Å²) in [5.74, 6) is 0. The lowest BCUT2D eigenvalue weighted by atomic mass is 10.2. The topological polar surface area (TPSA) is 68.9 Å². The highest BCUT2D eigenvalue weighted by molar-refractivity contribution is 5.55. The maximum absolute atomic E-state index is 8.64. The van der Waals surface area contributed by atoms with Crippen LogP contribution in [0.5, 0.6) is 0 Å². The van der Waals surface area contributed by atoms with E-state index in [1.54, 1.807) is 18.5 Å². The highest BCUT2D eigenvalue weighted by atomic mass is 16.3. The molecule has 0 saturated carbocycles. The van der Waals surface area contributed by atoms with Crippen LogP contribution in [0.4, 0.5) is 5.69 Å². The minimum absolute atomic E-state index is 0.0414. The molecule has 0 aromatic carbocycles. The number of rotatable bonds is 3. The van der Waals surface area contributed by atoms with Crippen LogP contribution in [0.3, 0.4) is 0 Å². The molecule has 0 aliphatic heterocycles. The molecule has 0 atom stereocenters. The third-order valence-electron chi connectivity index (χ3n) is 1.37. The lowest BCUT2D eigenvalue weighted by Crippen LogP contribution is -2.06. The van der Waals surface area contributed by atoms with Crippen molar-refractivity contribution in [3.05, 3.63) is 24.0 Å². The zero-order valence-corrected chi connectivity index (χ0v) is 6.49. The summed E-state index contributed by atoms with van der Waals surface area (Å²) in [4.78, 5) is 3.85. The number of nitrogens with zero attached hydrogens (tertiary/aromatic N) is 2. The first-order chi connectivity index (χ1) is 5.88. The van der Waals surface area contributed by atoms with Crippen molar-refractivity contribution in [1.82, 2.24) is 4.98 Å². The van der Waals surface area contributed by atoms with Crippen molar-refractivity contribution in [2.75, 3.05) is 18.5 Å². The highest BCUT2D eigenvalue weighted by Crippen LogP contribution is 2.10. The van der Waals surface area contributed by atoms with Crippen LogP contribution in [-0.2, 0) is 0 Å². The molecular weight excluding hydrogens is 154 g/mol. The largest absolute Gasteiger partial charge is 0.395 e. The van der Waals surface area contributed by atoms with Gasteiger partial charge < -0.3 is 10.4 Å². The Labute approximate surface area is 70.5 Å². The Hall–Kier alpha value is -1.60. The molecule has 1 rings (SSSR count). The van der Waals surface area contributed by atoms with E-state index < -0.39 is 0 Å². The molecule has 4 heteroatoms. The molecule has 2 N–H and O–H groups in total. The molecule has 1 aromatic heterocycles. The Balaban J connectivity index is 2.77. The number of nitriles is 1. The van der Waals surface area contributed by atoms with Crippen LogP contribution in [0.25, 0.3) is 0 Å². The Morgan fingerprint density at radius 2 is 2.50 bits per heavy atom. The van der Waals surface area contributed by atoms with E-state index in [1.807, 2.05) is 6.07 Å². The molecule has 0 aliphatic carbocycles. The highest BCUT2D eigenvalue weighted by Gasteiger charge is 1.98. The lowest BCUT2D eigenvalue weighted by Gasteiger charge is -2.03. The monoisotopic (exact) mass is 163 g/mol. The first-order valence-electron chi connectivity index (χ1n) is 3.57. The zero-order valence-electron chi connectivity index (χ0n) is 6.49. The van der Waals surface area contributed by atoms with Gasteiger partial charge in [0.1, 0.15) is 6.07 Å². The number of pyridine rings is 1. The summed E-state index contributed by atoms with van der Waals surface area (Å²) in [6.07, 6.45) is 3.12. The van der Waals surface area contributed by atoms with Gasteiger partial charge in [-0.05, 0) is 6.07 Å². The van der Waals surface area contributed by atoms with E-state index in [-0.39, 0.29) is 6.61 Å².